The highest BCUT2D eigenvalue weighted by molar-refractivity contribution is 5.81. The Labute approximate surface area is 288 Å². The summed E-state index contributed by atoms with van der Waals surface area (Å²) in [7, 11) is 0. The van der Waals surface area contributed by atoms with Crippen LogP contribution >= 0.6 is 0 Å². The van der Waals surface area contributed by atoms with Crippen molar-refractivity contribution >= 4 is 34.1 Å². The van der Waals surface area contributed by atoms with Gasteiger partial charge in [0.2, 0.25) is 0 Å². The number of nitrogens with zero attached hydrogens (tertiary/aromatic N) is 2. The Morgan fingerprint density at radius 3 is 0.833 bits per heavy atom. The van der Waals surface area contributed by atoms with Crippen LogP contribution in [0.3, 0.4) is 0 Å². The Hall–Kier alpha value is -5.08. The minimum atomic E-state index is 0.552. The molecule has 0 amide bonds. The number of rotatable bonds is 11. The van der Waals surface area contributed by atoms with E-state index in [1.54, 1.807) is 0 Å². The molecule has 0 saturated heterocycles. The van der Waals surface area contributed by atoms with Crippen molar-refractivity contribution in [2.24, 2.45) is 0 Å². The van der Waals surface area contributed by atoms with E-state index in [2.05, 4.69) is 197 Å². The molecule has 6 rings (SSSR count). The lowest BCUT2D eigenvalue weighted by molar-refractivity contribution is 0.733. The van der Waals surface area contributed by atoms with E-state index in [1.165, 1.54) is 33.4 Å². The fourth-order valence-electron chi connectivity index (χ4n) is 6.26. The van der Waals surface area contributed by atoms with Gasteiger partial charge in [-0.2, -0.15) is 0 Å². The maximum Gasteiger partial charge on any atom is 0.0462 e. The van der Waals surface area contributed by atoms with Gasteiger partial charge in [0.1, 0.15) is 0 Å². The van der Waals surface area contributed by atoms with Crippen LogP contribution in [0.15, 0.2) is 146 Å². The van der Waals surface area contributed by atoms with Gasteiger partial charge < -0.3 is 9.80 Å². The molecule has 48 heavy (non-hydrogen) atoms. The summed E-state index contributed by atoms with van der Waals surface area (Å²) in [5.41, 5.74) is 14.6. The molecule has 0 aliphatic rings. The first kappa shape index (κ1) is 32.8. The number of aryl methyl sites for hydroxylation is 2. The molecule has 2 unspecified atom stereocenters. The molecule has 0 fully saturated rings. The molecule has 0 aliphatic carbocycles. The lowest BCUT2D eigenvalue weighted by atomic mass is 9.98. The third kappa shape index (κ3) is 7.24. The van der Waals surface area contributed by atoms with Crippen molar-refractivity contribution in [1.82, 2.24) is 0 Å². The lowest BCUT2D eigenvalue weighted by Gasteiger charge is -2.27. The van der Waals surface area contributed by atoms with Gasteiger partial charge in [-0.15, -0.1) is 0 Å². The molecule has 6 aromatic carbocycles. The summed E-state index contributed by atoms with van der Waals surface area (Å²) in [6.07, 6.45) is 2.28. The maximum absolute atomic E-state index is 2.35. The molecule has 2 nitrogen and oxygen atoms in total. The predicted molar refractivity (Wildman–Crippen MR) is 208 cm³/mol. The van der Waals surface area contributed by atoms with Crippen molar-refractivity contribution in [3.8, 4) is 11.1 Å². The molecular formula is C46H48N2. The second-order valence-electron chi connectivity index (χ2n) is 13.2. The van der Waals surface area contributed by atoms with Crippen molar-refractivity contribution in [2.75, 3.05) is 9.80 Å². The van der Waals surface area contributed by atoms with E-state index in [-0.39, 0.29) is 0 Å². The number of benzene rings is 6. The Kier molecular flexibility index (Phi) is 10.1. The van der Waals surface area contributed by atoms with E-state index in [9.17, 15) is 0 Å². The lowest BCUT2D eigenvalue weighted by Crippen LogP contribution is -2.10. The molecule has 242 valence electrons. The summed E-state index contributed by atoms with van der Waals surface area (Å²) in [4.78, 5) is 4.69. The van der Waals surface area contributed by atoms with Gasteiger partial charge >= 0.3 is 0 Å². The number of anilines is 6. The third-order valence-corrected chi connectivity index (χ3v) is 9.83. The highest BCUT2D eigenvalue weighted by Crippen LogP contribution is 2.39. The molecule has 0 aliphatic heterocycles. The monoisotopic (exact) mass is 628 g/mol. The van der Waals surface area contributed by atoms with Gasteiger partial charge in [-0.1, -0.05) is 112 Å². The van der Waals surface area contributed by atoms with Crippen molar-refractivity contribution in [2.45, 2.75) is 66.2 Å². The number of hydrogen-bond donors (Lipinski definition) is 0. The van der Waals surface area contributed by atoms with Crippen LogP contribution in [0.5, 0.6) is 0 Å². The van der Waals surface area contributed by atoms with Crippen LogP contribution in [0.25, 0.3) is 11.1 Å². The summed E-state index contributed by atoms with van der Waals surface area (Å²) in [6.45, 7) is 13.4. The van der Waals surface area contributed by atoms with E-state index in [0.29, 0.717) is 11.8 Å². The third-order valence-electron chi connectivity index (χ3n) is 9.83. The quantitative estimate of drug-likeness (QED) is 0.141. The topological polar surface area (TPSA) is 6.48 Å². The molecule has 2 atom stereocenters. The van der Waals surface area contributed by atoms with Crippen LogP contribution in [0.1, 0.15) is 74.6 Å². The first-order valence-electron chi connectivity index (χ1n) is 17.5. The van der Waals surface area contributed by atoms with Gasteiger partial charge in [0, 0.05) is 34.1 Å². The summed E-state index contributed by atoms with van der Waals surface area (Å²) < 4.78 is 0. The van der Waals surface area contributed by atoms with Crippen molar-refractivity contribution in [1.29, 1.82) is 0 Å². The summed E-state index contributed by atoms with van der Waals surface area (Å²) in [5.74, 6) is 1.10. The van der Waals surface area contributed by atoms with Gasteiger partial charge in [0.15, 0.2) is 0 Å². The summed E-state index contributed by atoms with van der Waals surface area (Å²) in [6, 6.07) is 53.6. The van der Waals surface area contributed by atoms with Crippen molar-refractivity contribution in [3.05, 3.63) is 168 Å². The zero-order chi connectivity index (χ0) is 33.6. The fourth-order valence-corrected chi connectivity index (χ4v) is 6.26. The van der Waals surface area contributed by atoms with Crippen molar-refractivity contribution in [3.63, 3.8) is 0 Å². The Balaban J connectivity index is 1.30. The Morgan fingerprint density at radius 2 is 0.583 bits per heavy atom. The largest absolute Gasteiger partial charge is 0.311 e. The summed E-state index contributed by atoms with van der Waals surface area (Å²) >= 11 is 0. The number of hydrogen-bond acceptors (Lipinski definition) is 2. The summed E-state index contributed by atoms with van der Waals surface area (Å²) in [5, 5.41) is 0. The first-order valence-corrected chi connectivity index (χ1v) is 17.5. The zero-order valence-electron chi connectivity index (χ0n) is 29.3. The van der Waals surface area contributed by atoms with Crippen LogP contribution in [-0.4, -0.2) is 0 Å². The van der Waals surface area contributed by atoms with Gasteiger partial charge in [0.05, 0.1) is 0 Å². The smallest absolute Gasteiger partial charge is 0.0462 e. The minimum absolute atomic E-state index is 0.552. The van der Waals surface area contributed by atoms with Crippen LogP contribution < -0.4 is 9.80 Å². The fraction of sp³-hybridized carbons (Fsp3) is 0.217. The zero-order valence-corrected chi connectivity index (χ0v) is 29.3. The SMILES string of the molecule is CCC(C)c1ccc(N(c2ccc(C)cc2)c2ccc(-c3ccc(N(c4ccc(C)cc4)c4ccc(C(C)CC)cc4)cc3)cc2)cc1. The van der Waals surface area contributed by atoms with Crippen LogP contribution in [-0.2, 0) is 0 Å². The van der Waals surface area contributed by atoms with E-state index >= 15 is 0 Å². The predicted octanol–water partition coefficient (Wildman–Crippen LogP) is 13.9. The van der Waals surface area contributed by atoms with Gasteiger partial charge in [0.25, 0.3) is 0 Å². The average Bonchev–Trinajstić information content (AvgIpc) is 3.14. The van der Waals surface area contributed by atoms with Crippen LogP contribution in [0, 0.1) is 13.8 Å². The minimum Gasteiger partial charge on any atom is -0.311 e. The molecular weight excluding hydrogens is 581 g/mol. The van der Waals surface area contributed by atoms with Crippen molar-refractivity contribution < 1.29 is 0 Å². The molecule has 2 heteroatoms. The molecule has 0 aromatic heterocycles. The molecule has 0 heterocycles. The molecule has 0 saturated carbocycles. The highest BCUT2D eigenvalue weighted by atomic mass is 15.1. The molecule has 6 aromatic rings. The van der Waals surface area contributed by atoms with Crippen LogP contribution in [0.4, 0.5) is 34.1 Å². The second-order valence-corrected chi connectivity index (χ2v) is 13.2. The van der Waals surface area contributed by atoms with E-state index in [0.717, 1.165) is 47.0 Å². The van der Waals surface area contributed by atoms with E-state index in [1.807, 2.05) is 0 Å². The maximum atomic E-state index is 2.35. The van der Waals surface area contributed by atoms with Gasteiger partial charge in [-0.25, -0.2) is 0 Å². The van der Waals surface area contributed by atoms with Crippen LogP contribution in [0.2, 0.25) is 0 Å². The highest BCUT2D eigenvalue weighted by Gasteiger charge is 2.16. The standard InChI is InChI=1S/C46H48N2/c1-7-35(5)37-13-25-43(26-14-37)47(41-21-9-33(3)10-22-41)45-29-17-39(18-30-45)40-19-31-46(32-20-40)48(42-23-11-34(4)12-24-42)44-27-15-38(16-28-44)36(6)8-2/h9-32,35-36H,7-8H2,1-6H3. The van der Waals surface area contributed by atoms with E-state index < -0.39 is 0 Å². The van der Waals surface area contributed by atoms with Gasteiger partial charge in [-0.3, -0.25) is 0 Å². The molecule has 0 bridgehead atoms. The Morgan fingerprint density at radius 1 is 0.354 bits per heavy atom. The Bertz CT molecular complexity index is 1740. The molecule has 0 spiro atoms. The normalized spacial score (nSPS) is 12.4. The second kappa shape index (κ2) is 14.8. The van der Waals surface area contributed by atoms with E-state index in [4.69, 9.17) is 0 Å². The molecule has 0 N–H and O–H groups in total. The molecule has 0 radical (unpaired) electrons. The van der Waals surface area contributed by atoms with Gasteiger partial charge in [-0.05, 0) is 134 Å². The average molecular weight is 629 g/mol. The first-order chi connectivity index (χ1) is 23.3.